The molecule has 0 aliphatic rings. The molecule has 0 fully saturated rings. The Balaban J connectivity index is 2.46. The van der Waals surface area contributed by atoms with Crippen LogP contribution in [-0.2, 0) is 16.1 Å². The van der Waals surface area contributed by atoms with Crippen LogP contribution in [0.1, 0.15) is 5.56 Å². The maximum atomic E-state index is 12.0. The Morgan fingerprint density at radius 2 is 2.20 bits per heavy atom. The monoisotopic (exact) mass is 290 g/mol. The third-order valence-electron chi connectivity index (χ3n) is 2.12. The summed E-state index contributed by atoms with van der Waals surface area (Å²) in [6.07, 6.45) is -3.39. The summed E-state index contributed by atoms with van der Waals surface area (Å²) in [4.78, 5) is 15.5. The zero-order chi connectivity index (χ0) is 15.0. The number of carbonyl (C=O) groups excluding carboxylic acids is 1. The molecular weight excluding hydrogens is 277 g/mol. The molecule has 1 rings (SSSR count). The second-order valence-corrected chi connectivity index (χ2v) is 3.65. The number of alkyl halides is 3. The molecule has 0 aliphatic carbocycles. The van der Waals surface area contributed by atoms with E-state index in [2.05, 4.69) is 20.0 Å². The fraction of sp³-hybridized carbons (Fsp3) is 0.333. The van der Waals surface area contributed by atoms with Crippen molar-refractivity contribution in [3.8, 4) is 5.75 Å². The van der Waals surface area contributed by atoms with Crippen LogP contribution in [0.4, 0.5) is 13.2 Å². The minimum atomic E-state index is -4.72. The van der Waals surface area contributed by atoms with Crippen LogP contribution in [0.2, 0.25) is 0 Å². The molecule has 0 spiro atoms. The number of benzene rings is 1. The first-order chi connectivity index (χ1) is 9.40. The van der Waals surface area contributed by atoms with Gasteiger partial charge in [0.15, 0.2) is 0 Å². The number of nitrogens with one attached hydrogen (secondary N) is 1. The molecule has 5 nitrogen and oxygen atoms in total. The second kappa shape index (κ2) is 7.37. The molecule has 1 N–H and O–H groups in total. The van der Waals surface area contributed by atoms with Crippen molar-refractivity contribution >= 4 is 12.1 Å². The molecule has 110 valence electrons. The summed E-state index contributed by atoms with van der Waals surface area (Å²) < 4.78 is 39.9. The highest BCUT2D eigenvalue weighted by Gasteiger charge is 2.31. The first kappa shape index (κ1) is 15.8. The summed E-state index contributed by atoms with van der Waals surface area (Å²) in [5, 5.41) is 5.77. The lowest BCUT2D eigenvalue weighted by atomic mass is 10.1. The van der Waals surface area contributed by atoms with Crippen molar-refractivity contribution < 1.29 is 27.5 Å². The number of hydrogen-bond acceptors (Lipinski definition) is 4. The van der Waals surface area contributed by atoms with Crippen LogP contribution in [0.25, 0.3) is 0 Å². The fourth-order valence-corrected chi connectivity index (χ4v) is 1.37. The van der Waals surface area contributed by atoms with Crippen LogP contribution in [0.15, 0.2) is 29.4 Å². The molecule has 0 bridgehead atoms. The fourth-order valence-electron chi connectivity index (χ4n) is 1.37. The van der Waals surface area contributed by atoms with Gasteiger partial charge in [-0.05, 0) is 24.1 Å². The average Bonchev–Trinajstić information content (AvgIpc) is 2.35. The van der Waals surface area contributed by atoms with Crippen molar-refractivity contribution in [2.75, 3.05) is 13.7 Å². The highest BCUT2D eigenvalue weighted by molar-refractivity contribution is 6.26. The summed E-state index contributed by atoms with van der Waals surface area (Å²) in [7, 11) is 1.30. The lowest BCUT2D eigenvalue weighted by molar-refractivity contribution is -0.274. The molecule has 0 aliphatic heterocycles. The SMILES string of the molecule is CO/N=C/C(=O)NCCc1cccc(OC(F)(F)F)c1. The molecule has 20 heavy (non-hydrogen) atoms. The third kappa shape index (κ3) is 6.62. The lowest BCUT2D eigenvalue weighted by Crippen LogP contribution is -2.26. The molecule has 8 heteroatoms. The topological polar surface area (TPSA) is 59.9 Å². The summed E-state index contributed by atoms with van der Waals surface area (Å²) in [6, 6.07) is 5.56. The van der Waals surface area contributed by atoms with Gasteiger partial charge in [-0.25, -0.2) is 0 Å². The number of carbonyl (C=O) groups is 1. The van der Waals surface area contributed by atoms with Crippen molar-refractivity contribution in [3.05, 3.63) is 29.8 Å². The smallest absolute Gasteiger partial charge is 0.406 e. The number of amides is 1. The quantitative estimate of drug-likeness (QED) is 0.643. The third-order valence-corrected chi connectivity index (χ3v) is 2.12. The Kier molecular flexibility index (Phi) is 5.82. The largest absolute Gasteiger partial charge is 0.573 e. The highest BCUT2D eigenvalue weighted by Crippen LogP contribution is 2.23. The van der Waals surface area contributed by atoms with E-state index in [4.69, 9.17) is 0 Å². The van der Waals surface area contributed by atoms with Gasteiger partial charge in [0.2, 0.25) is 0 Å². The van der Waals surface area contributed by atoms with E-state index in [1.54, 1.807) is 6.07 Å². The van der Waals surface area contributed by atoms with Crippen molar-refractivity contribution in [1.29, 1.82) is 0 Å². The Hall–Kier alpha value is -2.25. The Morgan fingerprint density at radius 3 is 2.85 bits per heavy atom. The first-order valence-corrected chi connectivity index (χ1v) is 5.60. The van der Waals surface area contributed by atoms with E-state index in [-0.39, 0.29) is 12.3 Å². The van der Waals surface area contributed by atoms with Crippen molar-refractivity contribution in [2.24, 2.45) is 5.16 Å². The molecule has 0 atom stereocenters. The molecule has 0 saturated heterocycles. The summed E-state index contributed by atoms with van der Waals surface area (Å²) in [5.41, 5.74) is 0.607. The van der Waals surface area contributed by atoms with E-state index >= 15 is 0 Å². The van der Waals surface area contributed by atoms with Gasteiger partial charge in [0.1, 0.15) is 19.1 Å². The molecule has 1 aromatic rings. The molecule has 0 saturated carbocycles. The van der Waals surface area contributed by atoms with Gasteiger partial charge in [-0.15, -0.1) is 13.2 Å². The normalized spacial score (nSPS) is 11.4. The molecule has 0 unspecified atom stereocenters. The summed E-state index contributed by atoms with van der Waals surface area (Å²) in [5.74, 6) is -0.739. The molecule has 1 amide bonds. The second-order valence-electron chi connectivity index (χ2n) is 3.65. The highest BCUT2D eigenvalue weighted by atomic mass is 19.4. The van der Waals surface area contributed by atoms with Crippen molar-refractivity contribution in [3.63, 3.8) is 0 Å². The van der Waals surface area contributed by atoms with E-state index in [9.17, 15) is 18.0 Å². The van der Waals surface area contributed by atoms with Crippen LogP contribution in [0.5, 0.6) is 5.75 Å². The van der Waals surface area contributed by atoms with Gasteiger partial charge in [0, 0.05) is 6.54 Å². The predicted molar refractivity (Wildman–Crippen MR) is 65.3 cm³/mol. The Bertz CT molecular complexity index is 475. The number of ether oxygens (including phenoxy) is 1. The van der Waals surface area contributed by atoms with E-state index in [1.807, 2.05) is 0 Å². The number of nitrogens with zero attached hydrogens (tertiary/aromatic N) is 1. The van der Waals surface area contributed by atoms with E-state index in [0.29, 0.717) is 12.0 Å². The number of halogens is 3. The molecule has 0 aromatic heterocycles. The molecule has 0 heterocycles. The van der Waals surface area contributed by atoms with Crippen LogP contribution in [0.3, 0.4) is 0 Å². The Labute approximate surface area is 113 Å². The van der Waals surface area contributed by atoms with Crippen LogP contribution < -0.4 is 10.1 Å². The number of rotatable bonds is 6. The summed E-state index contributed by atoms with van der Waals surface area (Å²) in [6.45, 7) is 0.254. The zero-order valence-corrected chi connectivity index (χ0v) is 10.6. The maximum Gasteiger partial charge on any atom is 0.573 e. The van der Waals surface area contributed by atoms with Crippen molar-refractivity contribution in [2.45, 2.75) is 12.8 Å². The molecule has 0 radical (unpaired) electrons. The predicted octanol–water partition coefficient (Wildman–Crippen LogP) is 1.88. The van der Waals surface area contributed by atoms with Gasteiger partial charge in [-0.2, -0.15) is 0 Å². The maximum absolute atomic E-state index is 12.0. The van der Waals surface area contributed by atoms with Crippen LogP contribution >= 0.6 is 0 Å². The minimum absolute atomic E-state index is 0.254. The van der Waals surface area contributed by atoms with Crippen LogP contribution in [0, 0.1) is 0 Å². The number of oxime groups is 1. The van der Waals surface area contributed by atoms with Crippen LogP contribution in [-0.4, -0.2) is 32.1 Å². The lowest BCUT2D eigenvalue weighted by Gasteiger charge is -2.10. The van der Waals surface area contributed by atoms with Gasteiger partial charge >= 0.3 is 6.36 Å². The van der Waals surface area contributed by atoms with Crippen molar-refractivity contribution in [1.82, 2.24) is 5.32 Å². The minimum Gasteiger partial charge on any atom is -0.406 e. The van der Waals surface area contributed by atoms with Gasteiger partial charge < -0.3 is 14.9 Å². The zero-order valence-electron chi connectivity index (χ0n) is 10.6. The molecule has 1 aromatic carbocycles. The van der Waals surface area contributed by atoms with E-state index in [1.165, 1.54) is 25.3 Å². The van der Waals surface area contributed by atoms with Gasteiger partial charge in [0.05, 0.1) is 0 Å². The van der Waals surface area contributed by atoms with E-state index < -0.39 is 12.3 Å². The van der Waals surface area contributed by atoms with Gasteiger partial charge in [-0.1, -0.05) is 17.3 Å². The molecular formula is C12H13F3N2O3. The number of hydrogen-bond donors (Lipinski definition) is 1. The van der Waals surface area contributed by atoms with Gasteiger partial charge in [0.25, 0.3) is 5.91 Å². The van der Waals surface area contributed by atoms with Gasteiger partial charge in [-0.3, -0.25) is 4.79 Å². The van der Waals surface area contributed by atoms with E-state index in [0.717, 1.165) is 6.21 Å². The summed E-state index contributed by atoms with van der Waals surface area (Å²) >= 11 is 0. The Morgan fingerprint density at radius 1 is 1.45 bits per heavy atom. The first-order valence-electron chi connectivity index (χ1n) is 5.60. The average molecular weight is 290 g/mol. The standard InChI is InChI=1S/C12H13F3N2O3/c1-19-17-8-11(18)16-6-5-9-3-2-4-10(7-9)20-12(13,14)15/h2-4,7-8H,5-6H2,1H3,(H,16,18)/b17-8+.